The number of likely N-dealkylation sites (N-methyl/N-ethyl adjacent to an activating group) is 1. The third-order valence-corrected chi connectivity index (χ3v) is 3.65. The molecule has 0 fully saturated rings. The second kappa shape index (κ2) is 5.79. The van der Waals surface area contributed by atoms with Gasteiger partial charge in [-0.2, -0.15) is 0 Å². The minimum Gasteiger partial charge on any atom is -0.361 e. The van der Waals surface area contributed by atoms with Crippen molar-refractivity contribution in [3.8, 4) is 0 Å². The van der Waals surface area contributed by atoms with Gasteiger partial charge in [0.15, 0.2) is 0 Å². The Morgan fingerprint density at radius 1 is 1.24 bits per heavy atom. The fourth-order valence-corrected chi connectivity index (χ4v) is 2.44. The zero-order valence-electron chi connectivity index (χ0n) is 11.9. The summed E-state index contributed by atoms with van der Waals surface area (Å²) >= 11 is 0. The van der Waals surface area contributed by atoms with Crippen molar-refractivity contribution in [2.75, 3.05) is 13.6 Å². The Bertz CT molecular complexity index is 749. The summed E-state index contributed by atoms with van der Waals surface area (Å²) in [6.07, 6.45) is 6.12. The van der Waals surface area contributed by atoms with Gasteiger partial charge in [0.05, 0.1) is 5.56 Å². The number of hydrogen-bond acceptors (Lipinski definition) is 2. The van der Waals surface area contributed by atoms with Crippen LogP contribution >= 0.6 is 0 Å². The number of H-pyrrole nitrogens is 1. The molecule has 3 rings (SSSR count). The topological polar surface area (TPSA) is 49.0 Å². The fourth-order valence-electron chi connectivity index (χ4n) is 2.44. The highest BCUT2D eigenvalue weighted by molar-refractivity contribution is 5.93. The lowest BCUT2D eigenvalue weighted by Gasteiger charge is -2.16. The van der Waals surface area contributed by atoms with Gasteiger partial charge in [-0.15, -0.1) is 0 Å². The monoisotopic (exact) mass is 279 g/mol. The highest BCUT2D eigenvalue weighted by Gasteiger charge is 2.12. The molecule has 0 radical (unpaired) electrons. The molecule has 2 heterocycles. The smallest absolute Gasteiger partial charge is 0.255 e. The van der Waals surface area contributed by atoms with E-state index in [-0.39, 0.29) is 5.91 Å². The fraction of sp³-hybridized carbons (Fsp3) is 0.176. The van der Waals surface area contributed by atoms with Gasteiger partial charge in [0.1, 0.15) is 0 Å². The zero-order chi connectivity index (χ0) is 14.7. The Labute approximate surface area is 123 Å². The normalized spacial score (nSPS) is 10.7. The van der Waals surface area contributed by atoms with Gasteiger partial charge in [0.2, 0.25) is 0 Å². The molecule has 0 aliphatic carbocycles. The summed E-state index contributed by atoms with van der Waals surface area (Å²) < 4.78 is 0. The van der Waals surface area contributed by atoms with Crippen LogP contribution in [0.25, 0.3) is 10.9 Å². The zero-order valence-corrected chi connectivity index (χ0v) is 11.9. The molecule has 1 amide bonds. The van der Waals surface area contributed by atoms with Crippen molar-refractivity contribution in [1.82, 2.24) is 14.9 Å². The quantitative estimate of drug-likeness (QED) is 0.798. The second-order valence-electron chi connectivity index (χ2n) is 5.08. The average molecular weight is 279 g/mol. The SMILES string of the molecule is CN(CCc1c[nH]c2ccccc12)C(=O)c1cccnc1. The van der Waals surface area contributed by atoms with Gasteiger partial charge in [0.25, 0.3) is 5.91 Å². The predicted octanol–water partition coefficient (Wildman–Crippen LogP) is 2.88. The minimum atomic E-state index is 0.00272. The molecule has 0 aliphatic heterocycles. The number of carbonyl (C=O) groups is 1. The van der Waals surface area contributed by atoms with E-state index in [0.717, 1.165) is 11.9 Å². The lowest BCUT2D eigenvalue weighted by Crippen LogP contribution is -2.28. The number of nitrogens with zero attached hydrogens (tertiary/aromatic N) is 2. The van der Waals surface area contributed by atoms with Crippen LogP contribution in [-0.2, 0) is 6.42 Å². The predicted molar refractivity (Wildman–Crippen MR) is 83.2 cm³/mol. The van der Waals surface area contributed by atoms with Crippen LogP contribution in [0.4, 0.5) is 0 Å². The van der Waals surface area contributed by atoms with Crippen molar-refractivity contribution in [1.29, 1.82) is 0 Å². The van der Waals surface area contributed by atoms with Crippen molar-refractivity contribution in [3.63, 3.8) is 0 Å². The van der Waals surface area contributed by atoms with E-state index in [1.165, 1.54) is 10.9 Å². The molecule has 4 nitrogen and oxygen atoms in total. The molecule has 0 spiro atoms. The third kappa shape index (κ3) is 2.79. The van der Waals surface area contributed by atoms with Gasteiger partial charge in [-0.1, -0.05) is 18.2 Å². The van der Waals surface area contributed by atoms with E-state index in [4.69, 9.17) is 0 Å². The number of pyridine rings is 1. The molecule has 0 aliphatic rings. The number of aromatic amines is 1. The summed E-state index contributed by atoms with van der Waals surface area (Å²) in [7, 11) is 1.82. The molecule has 0 atom stereocenters. The van der Waals surface area contributed by atoms with Crippen molar-refractivity contribution in [3.05, 3.63) is 66.1 Å². The number of benzene rings is 1. The summed E-state index contributed by atoms with van der Waals surface area (Å²) in [5.41, 5.74) is 2.99. The molecule has 1 N–H and O–H groups in total. The summed E-state index contributed by atoms with van der Waals surface area (Å²) in [5, 5.41) is 1.22. The number of hydrogen-bond donors (Lipinski definition) is 1. The molecular weight excluding hydrogens is 262 g/mol. The van der Waals surface area contributed by atoms with E-state index < -0.39 is 0 Å². The Morgan fingerprint density at radius 2 is 2.10 bits per heavy atom. The molecule has 0 saturated heterocycles. The van der Waals surface area contributed by atoms with Crippen molar-refractivity contribution < 1.29 is 4.79 Å². The summed E-state index contributed by atoms with van der Waals surface area (Å²) in [6.45, 7) is 0.676. The number of amides is 1. The standard InChI is InChI=1S/C17H17N3O/c1-20(17(21)14-5-4-9-18-11-14)10-8-13-12-19-16-7-3-2-6-15(13)16/h2-7,9,11-12,19H,8,10H2,1H3. The van der Waals surface area contributed by atoms with Gasteiger partial charge in [-0.05, 0) is 30.2 Å². The van der Waals surface area contributed by atoms with Gasteiger partial charge in [-0.25, -0.2) is 0 Å². The Morgan fingerprint density at radius 3 is 2.90 bits per heavy atom. The molecule has 2 aromatic heterocycles. The first kappa shape index (κ1) is 13.4. The van der Waals surface area contributed by atoms with Crippen LogP contribution in [0.3, 0.4) is 0 Å². The largest absolute Gasteiger partial charge is 0.361 e. The first-order chi connectivity index (χ1) is 10.3. The molecule has 0 bridgehead atoms. The Kier molecular flexibility index (Phi) is 3.69. The van der Waals surface area contributed by atoms with E-state index in [2.05, 4.69) is 22.1 Å². The van der Waals surface area contributed by atoms with E-state index in [1.54, 1.807) is 29.4 Å². The number of fused-ring (bicyclic) bond motifs is 1. The molecule has 21 heavy (non-hydrogen) atoms. The van der Waals surface area contributed by atoms with Crippen molar-refractivity contribution >= 4 is 16.8 Å². The highest BCUT2D eigenvalue weighted by atomic mass is 16.2. The average Bonchev–Trinajstić information content (AvgIpc) is 2.96. The maximum Gasteiger partial charge on any atom is 0.255 e. The van der Waals surface area contributed by atoms with Crippen LogP contribution in [0.15, 0.2) is 55.0 Å². The summed E-state index contributed by atoms with van der Waals surface area (Å²) in [6, 6.07) is 11.8. The van der Waals surface area contributed by atoms with E-state index in [0.29, 0.717) is 12.1 Å². The lowest BCUT2D eigenvalue weighted by atomic mass is 10.1. The second-order valence-corrected chi connectivity index (χ2v) is 5.08. The number of rotatable bonds is 4. The van der Waals surface area contributed by atoms with Crippen molar-refractivity contribution in [2.45, 2.75) is 6.42 Å². The molecule has 1 aromatic carbocycles. The van der Waals surface area contributed by atoms with Crippen LogP contribution in [-0.4, -0.2) is 34.4 Å². The number of carbonyl (C=O) groups excluding carboxylic acids is 1. The number of aromatic nitrogens is 2. The first-order valence-electron chi connectivity index (χ1n) is 6.96. The van der Waals surface area contributed by atoms with Crippen LogP contribution in [0.2, 0.25) is 0 Å². The number of nitrogens with one attached hydrogen (secondary N) is 1. The van der Waals surface area contributed by atoms with Gasteiger partial charge >= 0.3 is 0 Å². The summed E-state index contributed by atoms with van der Waals surface area (Å²) in [5.74, 6) is 0.00272. The molecular formula is C17H17N3O. The molecule has 106 valence electrons. The van der Waals surface area contributed by atoms with Gasteiger partial charge in [-0.3, -0.25) is 9.78 Å². The minimum absolute atomic E-state index is 0.00272. The molecule has 4 heteroatoms. The lowest BCUT2D eigenvalue weighted by molar-refractivity contribution is 0.0796. The van der Waals surface area contributed by atoms with Gasteiger partial charge < -0.3 is 9.88 Å². The Balaban J connectivity index is 1.69. The third-order valence-electron chi connectivity index (χ3n) is 3.65. The van der Waals surface area contributed by atoms with Crippen LogP contribution in [0.5, 0.6) is 0 Å². The number of para-hydroxylation sites is 1. The first-order valence-corrected chi connectivity index (χ1v) is 6.96. The summed E-state index contributed by atoms with van der Waals surface area (Å²) in [4.78, 5) is 21.2. The Hall–Kier alpha value is -2.62. The van der Waals surface area contributed by atoms with E-state index in [9.17, 15) is 4.79 Å². The highest BCUT2D eigenvalue weighted by Crippen LogP contribution is 2.18. The molecule has 0 unspecified atom stereocenters. The maximum absolute atomic E-state index is 12.2. The van der Waals surface area contributed by atoms with E-state index in [1.807, 2.05) is 25.4 Å². The van der Waals surface area contributed by atoms with Gasteiger partial charge in [0, 0.05) is 43.1 Å². The van der Waals surface area contributed by atoms with Crippen LogP contribution in [0.1, 0.15) is 15.9 Å². The maximum atomic E-state index is 12.2. The molecule has 3 aromatic rings. The van der Waals surface area contributed by atoms with E-state index >= 15 is 0 Å². The van der Waals surface area contributed by atoms with Crippen molar-refractivity contribution in [2.24, 2.45) is 0 Å². The van der Waals surface area contributed by atoms with Crippen LogP contribution < -0.4 is 0 Å². The molecule has 0 saturated carbocycles. The van der Waals surface area contributed by atoms with Crippen LogP contribution in [0, 0.1) is 0 Å².